The highest BCUT2D eigenvalue weighted by molar-refractivity contribution is 7.89. The Hall–Kier alpha value is -1.47. The van der Waals surface area contributed by atoms with Crippen molar-refractivity contribution in [3.05, 3.63) is 30.1 Å². The van der Waals surface area contributed by atoms with E-state index in [0.29, 0.717) is 12.8 Å². The summed E-state index contributed by atoms with van der Waals surface area (Å²) >= 11 is 0. The lowest BCUT2D eigenvalue weighted by Gasteiger charge is -2.31. The third-order valence-corrected chi connectivity index (χ3v) is 5.05. The normalized spacial score (nSPS) is 21.2. The monoisotopic (exact) mass is 287 g/mol. The molecule has 1 aliphatic heterocycles. The van der Waals surface area contributed by atoms with Gasteiger partial charge >= 0.3 is 5.97 Å². The van der Waals surface area contributed by atoms with Crippen LogP contribution >= 0.6 is 0 Å². The van der Waals surface area contributed by atoms with Gasteiger partial charge in [-0.25, -0.2) is 12.8 Å². The molecule has 0 radical (unpaired) electrons. The largest absolute Gasteiger partial charge is 0.480 e. The van der Waals surface area contributed by atoms with Crippen molar-refractivity contribution in [2.24, 2.45) is 0 Å². The molecule has 1 aromatic carbocycles. The van der Waals surface area contributed by atoms with Crippen LogP contribution < -0.4 is 0 Å². The lowest BCUT2D eigenvalue weighted by Crippen LogP contribution is -2.47. The van der Waals surface area contributed by atoms with Crippen LogP contribution in [-0.2, 0) is 14.8 Å². The summed E-state index contributed by atoms with van der Waals surface area (Å²) in [5.41, 5.74) is 0. The number of hydrogen-bond acceptors (Lipinski definition) is 3. The topological polar surface area (TPSA) is 74.7 Å². The molecule has 0 amide bonds. The van der Waals surface area contributed by atoms with Crippen molar-refractivity contribution >= 4 is 16.0 Å². The molecule has 0 aliphatic carbocycles. The van der Waals surface area contributed by atoms with Crippen LogP contribution in [0.25, 0.3) is 0 Å². The molecule has 2 rings (SSSR count). The molecule has 1 heterocycles. The van der Waals surface area contributed by atoms with Crippen LogP contribution in [0.15, 0.2) is 29.2 Å². The molecule has 0 aromatic heterocycles. The Bertz CT molecular complexity index is 587. The van der Waals surface area contributed by atoms with Gasteiger partial charge in [-0.15, -0.1) is 0 Å². The van der Waals surface area contributed by atoms with Crippen molar-refractivity contribution in [1.29, 1.82) is 0 Å². The Morgan fingerprint density at radius 1 is 1.37 bits per heavy atom. The summed E-state index contributed by atoms with van der Waals surface area (Å²) in [5.74, 6) is -1.83. The van der Waals surface area contributed by atoms with Gasteiger partial charge in [-0.1, -0.05) is 6.07 Å². The number of halogens is 1. The number of hydrogen-bond donors (Lipinski definition) is 1. The van der Waals surface area contributed by atoms with Crippen molar-refractivity contribution in [1.82, 2.24) is 4.31 Å². The summed E-state index contributed by atoms with van der Waals surface area (Å²) < 4.78 is 38.8. The van der Waals surface area contributed by atoms with E-state index < -0.39 is 27.9 Å². The van der Waals surface area contributed by atoms with E-state index in [1.807, 2.05) is 0 Å². The van der Waals surface area contributed by atoms with E-state index in [2.05, 4.69) is 0 Å². The van der Waals surface area contributed by atoms with Crippen LogP contribution in [0.5, 0.6) is 0 Å². The molecule has 1 aromatic rings. The van der Waals surface area contributed by atoms with Gasteiger partial charge in [0, 0.05) is 6.54 Å². The summed E-state index contributed by atoms with van der Waals surface area (Å²) in [4.78, 5) is 10.9. The molecule has 1 fully saturated rings. The summed E-state index contributed by atoms with van der Waals surface area (Å²) in [5, 5.41) is 9.09. The molecule has 1 saturated heterocycles. The average molecular weight is 287 g/mol. The number of aliphatic carboxylic acids is 1. The van der Waals surface area contributed by atoms with Gasteiger partial charge in [0.25, 0.3) is 0 Å². The molecule has 1 unspecified atom stereocenters. The number of nitrogens with zero attached hydrogens (tertiary/aromatic N) is 1. The van der Waals surface area contributed by atoms with E-state index >= 15 is 0 Å². The van der Waals surface area contributed by atoms with Gasteiger partial charge in [-0.2, -0.15) is 4.31 Å². The maximum atomic E-state index is 13.1. The fraction of sp³-hybridized carbons (Fsp3) is 0.417. The molecule has 1 atom stereocenters. The van der Waals surface area contributed by atoms with Crippen LogP contribution in [0.1, 0.15) is 19.3 Å². The summed E-state index contributed by atoms with van der Waals surface area (Å²) in [7, 11) is -3.97. The molecule has 5 nitrogen and oxygen atoms in total. The fourth-order valence-electron chi connectivity index (χ4n) is 2.20. The SMILES string of the molecule is O=C(O)C1CCCCN1S(=O)(=O)c1cccc(F)c1. The number of carboxylic acids is 1. The van der Waals surface area contributed by atoms with Crippen molar-refractivity contribution in [3.8, 4) is 0 Å². The number of piperidine rings is 1. The van der Waals surface area contributed by atoms with Crippen LogP contribution in [0.2, 0.25) is 0 Å². The number of benzene rings is 1. The lowest BCUT2D eigenvalue weighted by atomic mass is 10.1. The van der Waals surface area contributed by atoms with Gasteiger partial charge in [0.1, 0.15) is 11.9 Å². The number of rotatable bonds is 3. The minimum absolute atomic E-state index is 0.149. The number of sulfonamides is 1. The molecule has 19 heavy (non-hydrogen) atoms. The highest BCUT2D eigenvalue weighted by Gasteiger charge is 2.37. The van der Waals surface area contributed by atoms with Crippen molar-refractivity contribution < 1.29 is 22.7 Å². The maximum Gasteiger partial charge on any atom is 0.322 e. The standard InChI is InChI=1S/C12H14FNO4S/c13-9-4-3-5-10(8-9)19(17,18)14-7-2-1-6-11(14)12(15)16/h3-5,8,11H,1-2,6-7H2,(H,15,16). The van der Waals surface area contributed by atoms with E-state index in [4.69, 9.17) is 5.11 Å². The molecule has 0 saturated carbocycles. The first kappa shape index (κ1) is 14.0. The van der Waals surface area contributed by atoms with Crippen LogP contribution in [0, 0.1) is 5.82 Å². The van der Waals surface area contributed by atoms with E-state index in [-0.39, 0.29) is 17.9 Å². The van der Waals surface area contributed by atoms with Crippen molar-refractivity contribution in [2.45, 2.75) is 30.2 Å². The van der Waals surface area contributed by atoms with Crippen molar-refractivity contribution in [3.63, 3.8) is 0 Å². The van der Waals surface area contributed by atoms with Crippen LogP contribution in [-0.4, -0.2) is 36.4 Å². The van der Waals surface area contributed by atoms with Gasteiger partial charge in [-0.3, -0.25) is 4.79 Å². The van der Waals surface area contributed by atoms with E-state index in [1.165, 1.54) is 12.1 Å². The molecule has 104 valence electrons. The third-order valence-electron chi connectivity index (χ3n) is 3.14. The average Bonchev–Trinajstić information content (AvgIpc) is 2.38. The predicted molar refractivity (Wildman–Crippen MR) is 65.6 cm³/mol. The lowest BCUT2D eigenvalue weighted by molar-refractivity contribution is -0.142. The van der Waals surface area contributed by atoms with Crippen LogP contribution in [0.4, 0.5) is 4.39 Å². The van der Waals surface area contributed by atoms with Crippen LogP contribution in [0.3, 0.4) is 0 Å². The zero-order chi connectivity index (χ0) is 14.0. The summed E-state index contributed by atoms with van der Waals surface area (Å²) in [6.45, 7) is 0.149. The van der Waals surface area contributed by atoms with E-state index in [1.54, 1.807) is 0 Å². The molecule has 0 bridgehead atoms. The Kier molecular flexibility index (Phi) is 3.86. The molecule has 0 spiro atoms. The molecule has 1 N–H and O–H groups in total. The molecular formula is C12H14FNO4S. The number of carboxylic acid groups (broad SMARTS) is 1. The Morgan fingerprint density at radius 3 is 2.74 bits per heavy atom. The maximum absolute atomic E-state index is 13.1. The highest BCUT2D eigenvalue weighted by Crippen LogP contribution is 2.25. The predicted octanol–water partition coefficient (Wildman–Crippen LogP) is 1.45. The third kappa shape index (κ3) is 2.76. The highest BCUT2D eigenvalue weighted by atomic mass is 32.2. The van der Waals surface area contributed by atoms with Gasteiger partial charge in [0.2, 0.25) is 10.0 Å². The first-order valence-corrected chi connectivity index (χ1v) is 7.37. The minimum Gasteiger partial charge on any atom is -0.480 e. The van der Waals surface area contributed by atoms with Gasteiger partial charge in [0.15, 0.2) is 0 Å². The molecule has 1 aliphatic rings. The zero-order valence-electron chi connectivity index (χ0n) is 10.1. The van der Waals surface area contributed by atoms with Gasteiger partial charge in [-0.05, 0) is 37.5 Å². The second-order valence-electron chi connectivity index (χ2n) is 4.42. The van der Waals surface area contributed by atoms with Gasteiger partial charge in [0.05, 0.1) is 4.90 Å². The second kappa shape index (κ2) is 5.26. The minimum atomic E-state index is -3.97. The van der Waals surface area contributed by atoms with E-state index in [0.717, 1.165) is 16.4 Å². The Balaban J connectivity index is 2.40. The summed E-state index contributed by atoms with van der Waals surface area (Å²) in [6, 6.07) is 3.54. The smallest absolute Gasteiger partial charge is 0.322 e. The fourth-order valence-corrected chi connectivity index (χ4v) is 3.89. The molecule has 7 heteroatoms. The summed E-state index contributed by atoms with van der Waals surface area (Å²) in [6.07, 6.45) is 1.56. The Morgan fingerprint density at radius 2 is 2.11 bits per heavy atom. The number of carbonyl (C=O) groups is 1. The zero-order valence-corrected chi connectivity index (χ0v) is 10.9. The van der Waals surface area contributed by atoms with Crippen molar-refractivity contribution in [2.75, 3.05) is 6.54 Å². The quantitative estimate of drug-likeness (QED) is 0.913. The van der Waals surface area contributed by atoms with E-state index in [9.17, 15) is 17.6 Å². The second-order valence-corrected chi connectivity index (χ2v) is 6.31. The molecular weight excluding hydrogens is 273 g/mol. The van der Waals surface area contributed by atoms with Gasteiger partial charge < -0.3 is 5.11 Å². The Labute approximate surface area is 110 Å². The first-order chi connectivity index (χ1) is 8.93. The first-order valence-electron chi connectivity index (χ1n) is 5.93.